The Morgan fingerprint density at radius 1 is 0.885 bits per heavy atom. The second-order valence-electron chi connectivity index (χ2n) is 6.49. The summed E-state index contributed by atoms with van der Waals surface area (Å²) in [7, 11) is 0. The maximum absolute atomic E-state index is 10.3. The van der Waals surface area contributed by atoms with Gasteiger partial charge in [-0.15, -0.1) is 0 Å². The number of nitrogens with zero attached hydrogens (tertiary/aromatic N) is 1. The van der Waals surface area contributed by atoms with Crippen LogP contribution in [0.25, 0.3) is 0 Å². The van der Waals surface area contributed by atoms with E-state index in [1.807, 2.05) is 24.3 Å². The smallest absolute Gasteiger partial charge is 0.125 e. The Bertz CT molecular complexity index is 728. The average Bonchev–Trinajstić information content (AvgIpc) is 2.64. The maximum Gasteiger partial charge on any atom is 0.125 e. The zero-order valence-electron chi connectivity index (χ0n) is 15.3. The summed E-state index contributed by atoms with van der Waals surface area (Å²) in [4.78, 5) is 4.77. The zero-order chi connectivity index (χ0) is 18.8. The van der Waals surface area contributed by atoms with Crippen LogP contribution in [0, 0.1) is 0 Å². The van der Waals surface area contributed by atoms with E-state index >= 15 is 0 Å². The van der Waals surface area contributed by atoms with E-state index in [2.05, 4.69) is 6.92 Å². The van der Waals surface area contributed by atoms with Crippen LogP contribution >= 0.6 is 23.2 Å². The Morgan fingerprint density at radius 2 is 1.58 bits per heavy atom. The molecule has 0 saturated heterocycles. The molecule has 0 heterocycles. The molecule has 0 bridgehead atoms. The Labute approximate surface area is 166 Å². The normalized spacial score (nSPS) is 11.7. The molecule has 2 aromatic rings. The lowest BCUT2D eigenvalue weighted by molar-refractivity contribution is 0.474. The first kappa shape index (κ1) is 20.8. The molecule has 0 saturated carbocycles. The molecule has 0 aliphatic rings. The zero-order valence-corrected chi connectivity index (χ0v) is 16.9. The molecule has 140 valence electrons. The first-order chi connectivity index (χ1) is 12.6. The van der Waals surface area contributed by atoms with Gasteiger partial charge in [0, 0.05) is 27.7 Å². The number of rotatable bonds is 10. The van der Waals surface area contributed by atoms with E-state index in [4.69, 9.17) is 28.2 Å². The minimum absolute atomic E-state index is 0.160. The molecule has 2 aromatic carbocycles. The molecule has 0 spiro atoms. The molecule has 1 N–H and O–H groups in total. The summed E-state index contributed by atoms with van der Waals surface area (Å²) < 4.78 is 0. The second-order valence-corrected chi connectivity index (χ2v) is 7.34. The summed E-state index contributed by atoms with van der Waals surface area (Å²) >= 11 is 12.5. The highest BCUT2D eigenvalue weighted by atomic mass is 35.5. The predicted molar refractivity (Wildman–Crippen MR) is 113 cm³/mol. The number of aliphatic imine (C=N–C) groups is 1. The van der Waals surface area contributed by atoms with Gasteiger partial charge in [-0.2, -0.15) is 0 Å². The van der Waals surface area contributed by atoms with Crippen LogP contribution in [0.2, 0.25) is 10.0 Å². The largest absolute Gasteiger partial charge is 0.507 e. The van der Waals surface area contributed by atoms with Gasteiger partial charge in [0.1, 0.15) is 5.75 Å². The lowest BCUT2D eigenvalue weighted by Crippen LogP contribution is -2.06. The number of unbranched alkanes of at least 4 members (excludes halogenated alkanes) is 6. The molecule has 0 radical (unpaired) electrons. The number of phenolic OH excluding ortho intramolecular Hbond substituents is 1. The Kier molecular flexibility index (Phi) is 9.00. The van der Waals surface area contributed by atoms with Crippen molar-refractivity contribution in [2.75, 3.05) is 6.54 Å². The summed E-state index contributed by atoms with van der Waals surface area (Å²) in [5, 5.41) is 11.5. The minimum atomic E-state index is 0.160. The van der Waals surface area contributed by atoms with E-state index in [0.29, 0.717) is 27.9 Å². The molecule has 0 unspecified atom stereocenters. The number of benzene rings is 2. The first-order valence-electron chi connectivity index (χ1n) is 9.41. The molecular formula is C22H27Cl2NO. The van der Waals surface area contributed by atoms with E-state index in [1.54, 1.807) is 18.2 Å². The average molecular weight is 392 g/mol. The van der Waals surface area contributed by atoms with Crippen LogP contribution in [0.4, 0.5) is 0 Å². The van der Waals surface area contributed by atoms with Crippen molar-refractivity contribution in [3.8, 4) is 5.75 Å². The topological polar surface area (TPSA) is 32.6 Å². The maximum atomic E-state index is 10.3. The summed E-state index contributed by atoms with van der Waals surface area (Å²) in [5.41, 5.74) is 2.13. The Morgan fingerprint density at radius 3 is 2.31 bits per heavy atom. The molecule has 26 heavy (non-hydrogen) atoms. The third-order valence-electron chi connectivity index (χ3n) is 4.37. The number of aromatic hydroxyl groups is 1. The van der Waals surface area contributed by atoms with E-state index in [0.717, 1.165) is 12.0 Å². The molecule has 0 aromatic heterocycles. The van der Waals surface area contributed by atoms with Gasteiger partial charge in [0.25, 0.3) is 0 Å². The van der Waals surface area contributed by atoms with Gasteiger partial charge in [0.05, 0.1) is 5.71 Å². The standard InChI is InChI=1S/C22H27Cl2NO/c1-2-3-4-5-6-7-10-15-25-22(18-11-8-9-12-20(18)24)19-16-17(23)13-14-21(19)26/h8-9,11-14,16,26H,2-7,10,15H2,1H3. The van der Waals surface area contributed by atoms with Crippen molar-refractivity contribution in [3.63, 3.8) is 0 Å². The van der Waals surface area contributed by atoms with Gasteiger partial charge < -0.3 is 5.11 Å². The van der Waals surface area contributed by atoms with Crippen molar-refractivity contribution in [1.29, 1.82) is 0 Å². The van der Waals surface area contributed by atoms with Crippen LogP contribution in [0.5, 0.6) is 5.75 Å². The number of phenols is 1. The molecule has 0 atom stereocenters. The number of hydrogen-bond donors (Lipinski definition) is 1. The van der Waals surface area contributed by atoms with Crippen LogP contribution < -0.4 is 0 Å². The van der Waals surface area contributed by atoms with Crippen molar-refractivity contribution in [1.82, 2.24) is 0 Å². The molecule has 0 aliphatic heterocycles. The Hall–Kier alpha value is -1.51. The highest BCUT2D eigenvalue weighted by Gasteiger charge is 2.14. The molecule has 2 nitrogen and oxygen atoms in total. The van der Waals surface area contributed by atoms with Crippen molar-refractivity contribution in [2.45, 2.75) is 51.9 Å². The second kappa shape index (κ2) is 11.3. The summed E-state index contributed by atoms with van der Waals surface area (Å²) in [5.74, 6) is 0.160. The van der Waals surface area contributed by atoms with E-state index < -0.39 is 0 Å². The van der Waals surface area contributed by atoms with Crippen molar-refractivity contribution in [2.24, 2.45) is 4.99 Å². The lowest BCUT2D eigenvalue weighted by Gasteiger charge is -2.12. The van der Waals surface area contributed by atoms with Crippen LogP contribution in [-0.4, -0.2) is 17.4 Å². The molecule has 0 fully saturated rings. The van der Waals surface area contributed by atoms with Crippen molar-refractivity contribution >= 4 is 28.9 Å². The highest BCUT2D eigenvalue weighted by molar-refractivity contribution is 6.36. The SMILES string of the molecule is CCCCCCCCCN=C(c1cc(Cl)ccc1O)c1ccccc1Cl. The van der Waals surface area contributed by atoms with E-state index in [1.165, 1.54) is 38.5 Å². The van der Waals surface area contributed by atoms with Gasteiger partial charge in [0.15, 0.2) is 0 Å². The third kappa shape index (κ3) is 6.34. The fourth-order valence-electron chi connectivity index (χ4n) is 2.93. The molecule has 2 rings (SSSR count). The van der Waals surface area contributed by atoms with Crippen LogP contribution in [-0.2, 0) is 0 Å². The summed E-state index contributed by atoms with van der Waals surface area (Å²) in [6, 6.07) is 12.6. The van der Waals surface area contributed by atoms with Crippen molar-refractivity contribution in [3.05, 3.63) is 63.6 Å². The van der Waals surface area contributed by atoms with Crippen LogP contribution in [0.1, 0.15) is 63.0 Å². The van der Waals surface area contributed by atoms with Gasteiger partial charge in [-0.25, -0.2) is 0 Å². The molecule has 0 amide bonds. The quantitative estimate of drug-likeness (QED) is 0.334. The van der Waals surface area contributed by atoms with Gasteiger partial charge in [-0.1, -0.05) is 86.8 Å². The van der Waals surface area contributed by atoms with Gasteiger partial charge in [0.2, 0.25) is 0 Å². The summed E-state index contributed by atoms with van der Waals surface area (Å²) in [6.45, 7) is 2.94. The molecular weight excluding hydrogens is 365 g/mol. The van der Waals surface area contributed by atoms with Crippen molar-refractivity contribution < 1.29 is 5.11 Å². The monoisotopic (exact) mass is 391 g/mol. The fraction of sp³-hybridized carbons (Fsp3) is 0.409. The molecule has 0 aliphatic carbocycles. The molecule has 4 heteroatoms. The number of hydrogen-bond acceptors (Lipinski definition) is 2. The minimum Gasteiger partial charge on any atom is -0.507 e. The fourth-order valence-corrected chi connectivity index (χ4v) is 3.32. The van der Waals surface area contributed by atoms with Gasteiger partial charge in [-0.05, 0) is 30.7 Å². The van der Waals surface area contributed by atoms with Gasteiger partial charge >= 0.3 is 0 Å². The van der Waals surface area contributed by atoms with E-state index in [-0.39, 0.29) is 5.75 Å². The van der Waals surface area contributed by atoms with Gasteiger partial charge in [-0.3, -0.25) is 4.99 Å². The highest BCUT2D eigenvalue weighted by Crippen LogP contribution is 2.28. The van der Waals surface area contributed by atoms with E-state index in [9.17, 15) is 5.11 Å². The third-order valence-corrected chi connectivity index (χ3v) is 4.94. The Balaban J connectivity index is 2.12. The van der Waals surface area contributed by atoms with Crippen LogP contribution in [0.15, 0.2) is 47.5 Å². The predicted octanol–water partition coefficient (Wildman–Crippen LogP) is 7.29. The number of halogens is 2. The lowest BCUT2D eigenvalue weighted by atomic mass is 10.0. The summed E-state index contributed by atoms with van der Waals surface area (Å²) in [6.07, 6.45) is 8.66. The first-order valence-corrected chi connectivity index (χ1v) is 10.2. The van der Waals surface area contributed by atoms with Crippen LogP contribution in [0.3, 0.4) is 0 Å².